The van der Waals surface area contributed by atoms with Crippen LogP contribution in [0.5, 0.6) is 0 Å². The fourth-order valence-electron chi connectivity index (χ4n) is 2.31. The predicted octanol–water partition coefficient (Wildman–Crippen LogP) is 2.07. The van der Waals surface area contributed by atoms with Crippen molar-refractivity contribution in [2.75, 3.05) is 6.54 Å². The van der Waals surface area contributed by atoms with E-state index in [-0.39, 0.29) is 11.9 Å². The molecule has 94 valence electrons. The van der Waals surface area contributed by atoms with Gasteiger partial charge < -0.3 is 10.6 Å². The molecular weight excluding hydrogens is 200 g/mol. The third kappa shape index (κ3) is 5.50. The molecule has 0 bridgehead atoms. The molecule has 3 nitrogen and oxygen atoms in total. The lowest BCUT2D eigenvalue weighted by Gasteiger charge is -2.17. The van der Waals surface area contributed by atoms with Crippen LogP contribution in [-0.4, -0.2) is 24.5 Å². The molecule has 0 aliphatic heterocycles. The molecule has 0 aromatic carbocycles. The van der Waals surface area contributed by atoms with E-state index in [1.54, 1.807) is 0 Å². The molecule has 0 aromatic heterocycles. The van der Waals surface area contributed by atoms with Gasteiger partial charge in [0.25, 0.3) is 0 Å². The van der Waals surface area contributed by atoms with Crippen LogP contribution in [0.3, 0.4) is 0 Å². The van der Waals surface area contributed by atoms with Crippen LogP contribution in [0.25, 0.3) is 0 Å². The number of carbonyl (C=O) groups is 1. The summed E-state index contributed by atoms with van der Waals surface area (Å²) in [6, 6.07) is 0.536. The van der Waals surface area contributed by atoms with Gasteiger partial charge in [0.05, 0.1) is 0 Å². The maximum absolute atomic E-state index is 11.5. The fraction of sp³-hybridized carbons (Fsp3) is 0.923. The minimum absolute atomic E-state index is 0.154. The van der Waals surface area contributed by atoms with Crippen LogP contribution in [-0.2, 0) is 4.79 Å². The van der Waals surface area contributed by atoms with E-state index in [2.05, 4.69) is 17.6 Å². The van der Waals surface area contributed by atoms with Gasteiger partial charge in [-0.3, -0.25) is 4.79 Å². The van der Waals surface area contributed by atoms with Crippen molar-refractivity contribution in [3.63, 3.8) is 0 Å². The largest absolute Gasteiger partial charge is 0.354 e. The van der Waals surface area contributed by atoms with Crippen LogP contribution in [0.4, 0.5) is 0 Å². The van der Waals surface area contributed by atoms with Crippen LogP contribution in [0.1, 0.15) is 52.9 Å². The summed E-state index contributed by atoms with van der Waals surface area (Å²) in [6.07, 6.45) is 6.07. The summed E-state index contributed by atoms with van der Waals surface area (Å²) in [5.41, 5.74) is 0. The van der Waals surface area contributed by atoms with Crippen molar-refractivity contribution in [2.45, 2.75) is 65.0 Å². The van der Waals surface area contributed by atoms with E-state index < -0.39 is 0 Å². The molecule has 0 radical (unpaired) electrons. The van der Waals surface area contributed by atoms with Gasteiger partial charge in [-0.15, -0.1) is 0 Å². The highest BCUT2D eigenvalue weighted by Crippen LogP contribution is 2.23. The summed E-state index contributed by atoms with van der Waals surface area (Å²) in [6.45, 7) is 7.16. The monoisotopic (exact) mass is 226 g/mol. The Kier molecular flexibility index (Phi) is 5.81. The standard InChI is InChI=1S/C13H26N2O/c1-10(2)15-13(16)8-11(3)14-9-12-6-4-5-7-12/h10-12,14H,4-9H2,1-3H3,(H,15,16). The van der Waals surface area contributed by atoms with Crippen molar-refractivity contribution >= 4 is 5.91 Å². The molecule has 16 heavy (non-hydrogen) atoms. The second-order valence-corrected chi connectivity index (χ2v) is 5.39. The Bertz CT molecular complexity index is 210. The molecule has 1 aliphatic rings. The van der Waals surface area contributed by atoms with E-state index >= 15 is 0 Å². The molecule has 1 aliphatic carbocycles. The van der Waals surface area contributed by atoms with Crippen LogP contribution in [0.2, 0.25) is 0 Å². The quantitative estimate of drug-likeness (QED) is 0.728. The van der Waals surface area contributed by atoms with Gasteiger partial charge in [0.2, 0.25) is 5.91 Å². The van der Waals surface area contributed by atoms with E-state index in [4.69, 9.17) is 0 Å². The first-order chi connectivity index (χ1) is 7.58. The molecule has 3 heteroatoms. The Morgan fingerprint density at radius 1 is 1.25 bits per heavy atom. The molecule has 0 saturated heterocycles. The summed E-state index contributed by atoms with van der Waals surface area (Å²) < 4.78 is 0. The minimum atomic E-state index is 0.154. The van der Waals surface area contributed by atoms with Gasteiger partial charge in [0.1, 0.15) is 0 Å². The second kappa shape index (κ2) is 6.89. The van der Waals surface area contributed by atoms with Crippen molar-refractivity contribution in [3.8, 4) is 0 Å². The summed E-state index contributed by atoms with van der Waals surface area (Å²) >= 11 is 0. The van der Waals surface area contributed by atoms with Crippen molar-refractivity contribution in [3.05, 3.63) is 0 Å². The van der Waals surface area contributed by atoms with Gasteiger partial charge in [0, 0.05) is 18.5 Å². The van der Waals surface area contributed by atoms with E-state index in [9.17, 15) is 4.79 Å². The number of hydrogen-bond acceptors (Lipinski definition) is 2. The van der Waals surface area contributed by atoms with Crippen LogP contribution >= 0.6 is 0 Å². The lowest BCUT2D eigenvalue weighted by Crippen LogP contribution is -2.38. The van der Waals surface area contributed by atoms with Crippen molar-refractivity contribution in [1.82, 2.24) is 10.6 Å². The smallest absolute Gasteiger partial charge is 0.221 e. The van der Waals surface area contributed by atoms with Gasteiger partial charge in [0.15, 0.2) is 0 Å². The number of carbonyl (C=O) groups excluding carboxylic acids is 1. The Morgan fingerprint density at radius 3 is 2.44 bits per heavy atom. The predicted molar refractivity (Wildman–Crippen MR) is 67.3 cm³/mol. The topological polar surface area (TPSA) is 41.1 Å². The first kappa shape index (κ1) is 13.5. The first-order valence-corrected chi connectivity index (χ1v) is 6.60. The first-order valence-electron chi connectivity index (χ1n) is 6.60. The SMILES string of the molecule is CC(C)NC(=O)CC(C)NCC1CCCC1. The van der Waals surface area contributed by atoms with Gasteiger partial charge in [-0.05, 0) is 46.1 Å². The zero-order chi connectivity index (χ0) is 12.0. The second-order valence-electron chi connectivity index (χ2n) is 5.39. The van der Waals surface area contributed by atoms with E-state index in [1.807, 2.05) is 13.8 Å². The molecule has 0 aromatic rings. The highest BCUT2D eigenvalue weighted by atomic mass is 16.1. The molecule has 1 saturated carbocycles. The average Bonchev–Trinajstić information content (AvgIpc) is 2.65. The molecule has 1 amide bonds. The van der Waals surface area contributed by atoms with Crippen LogP contribution in [0, 0.1) is 5.92 Å². The Hall–Kier alpha value is -0.570. The Balaban J connectivity index is 2.09. The molecule has 0 spiro atoms. The molecule has 1 unspecified atom stereocenters. The Morgan fingerprint density at radius 2 is 1.88 bits per heavy atom. The normalized spacial score (nSPS) is 19.0. The number of nitrogens with one attached hydrogen (secondary N) is 2. The maximum atomic E-state index is 11.5. The molecule has 0 heterocycles. The van der Waals surface area contributed by atoms with Crippen molar-refractivity contribution < 1.29 is 4.79 Å². The van der Waals surface area contributed by atoms with Gasteiger partial charge >= 0.3 is 0 Å². The van der Waals surface area contributed by atoms with E-state index in [0.29, 0.717) is 12.5 Å². The number of hydrogen-bond donors (Lipinski definition) is 2. The van der Waals surface area contributed by atoms with Crippen molar-refractivity contribution in [1.29, 1.82) is 0 Å². The van der Waals surface area contributed by atoms with Gasteiger partial charge in [-0.25, -0.2) is 0 Å². The zero-order valence-electron chi connectivity index (χ0n) is 10.9. The minimum Gasteiger partial charge on any atom is -0.354 e. The highest BCUT2D eigenvalue weighted by molar-refractivity contribution is 5.76. The molecule has 1 atom stereocenters. The maximum Gasteiger partial charge on any atom is 0.221 e. The average molecular weight is 226 g/mol. The van der Waals surface area contributed by atoms with E-state index in [1.165, 1.54) is 25.7 Å². The van der Waals surface area contributed by atoms with E-state index in [0.717, 1.165) is 12.5 Å². The number of rotatable bonds is 6. The molecule has 2 N–H and O–H groups in total. The van der Waals surface area contributed by atoms with Crippen LogP contribution in [0.15, 0.2) is 0 Å². The summed E-state index contributed by atoms with van der Waals surface area (Å²) in [5.74, 6) is 0.997. The van der Waals surface area contributed by atoms with Crippen LogP contribution < -0.4 is 10.6 Å². The highest BCUT2D eigenvalue weighted by Gasteiger charge is 2.16. The lowest BCUT2D eigenvalue weighted by atomic mass is 10.1. The summed E-state index contributed by atoms with van der Waals surface area (Å²) in [4.78, 5) is 11.5. The fourth-order valence-corrected chi connectivity index (χ4v) is 2.31. The molecule has 1 rings (SSSR count). The molecule has 1 fully saturated rings. The van der Waals surface area contributed by atoms with Gasteiger partial charge in [-0.1, -0.05) is 12.8 Å². The third-order valence-corrected chi connectivity index (χ3v) is 3.17. The summed E-state index contributed by atoms with van der Waals surface area (Å²) in [7, 11) is 0. The lowest BCUT2D eigenvalue weighted by molar-refractivity contribution is -0.122. The summed E-state index contributed by atoms with van der Waals surface area (Å²) in [5, 5.41) is 6.39. The van der Waals surface area contributed by atoms with Gasteiger partial charge in [-0.2, -0.15) is 0 Å². The Labute approximate surface area is 99.4 Å². The molecular formula is C13H26N2O. The number of amides is 1. The van der Waals surface area contributed by atoms with Crippen molar-refractivity contribution in [2.24, 2.45) is 5.92 Å². The zero-order valence-corrected chi connectivity index (χ0v) is 10.9. The third-order valence-electron chi connectivity index (χ3n) is 3.17.